The molecule has 0 unspecified atom stereocenters. The Balaban J connectivity index is 1.32. The number of halogens is 3. The minimum atomic E-state index is -4.67. The maximum atomic E-state index is 14.3. The second kappa shape index (κ2) is 11.1. The van der Waals surface area contributed by atoms with Crippen LogP contribution in [0.2, 0.25) is 0 Å². The molecule has 17 heteroatoms. The summed E-state index contributed by atoms with van der Waals surface area (Å²) in [5, 5.41) is 8.37. The third-order valence-corrected chi connectivity index (χ3v) is 9.19. The van der Waals surface area contributed by atoms with Gasteiger partial charge >= 0.3 is 12.3 Å². The number of imidazole rings is 1. The highest BCUT2D eigenvalue weighted by Crippen LogP contribution is 2.38. The van der Waals surface area contributed by atoms with Crippen molar-refractivity contribution in [1.82, 2.24) is 28.8 Å². The fraction of sp³-hybridized carbons (Fsp3) is 0.600. The molecule has 1 amide bonds. The molecule has 2 fully saturated rings. The lowest BCUT2D eigenvalue weighted by Gasteiger charge is -2.37. The van der Waals surface area contributed by atoms with Crippen molar-refractivity contribution in [2.24, 2.45) is 0 Å². The first kappa shape index (κ1) is 30.3. The Morgan fingerprint density at radius 2 is 1.71 bits per heavy atom. The number of piperidine rings is 1. The molecule has 2 aliphatic heterocycles. The van der Waals surface area contributed by atoms with Crippen LogP contribution in [0.4, 0.5) is 28.9 Å². The average molecular weight is 631 g/mol. The number of carbonyl (C=O) groups excluding carboxylic acids is 1. The standard InChI is InChI=1S/C25H33F3N8O4S2/c1-24(2,3)40-23(37)34-11-9-33(10-12-34)20-18(25(26,27)28)13-16(14-29-20)19-15-30-22-36(19)32-21(41-22)31-17-5-7-35(8-6-17)42(4,38)39/h13-15,17H,5-12H2,1-4H3,(H,31,32). The number of nitrogens with one attached hydrogen (secondary N) is 1. The van der Waals surface area contributed by atoms with Crippen LogP contribution in [-0.2, 0) is 20.9 Å². The van der Waals surface area contributed by atoms with Crippen LogP contribution >= 0.6 is 11.3 Å². The van der Waals surface area contributed by atoms with E-state index >= 15 is 0 Å². The van der Waals surface area contributed by atoms with Crippen molar-refractivity contribution in [3.8, 4) is 11.3 Å². The molecular weight excluding hydrogens is 597 g/mol. The SMILES string of the molecule is CC(C)(C)OC(=O)N1CCN(c2ncc(-c3cnc4sc(NC5CCN(S(C)(=O)=O)CC5)nn34)cc2C(F)(F)F)CC1. The van der Waals surface area contributed by atoms with E-state index in [1.165, 1.54) is 48.6 Å². The number of ether oxygens (including phenoxy) is 1. The summed E-state index contributed by atoms with van der Waals surface area (Å²) in [6.45, 7) is 6.84. The smallest absolute Gasteiger partial charge is 0.419 e. The molecule has 12 nitrogen and oxygen atoms in total. The molecule has 2 aliphatic rings. The van der Waals surface area contributed by atoms with Crippen LogP contribution in [0.25, 0.3) is 16.2 Å². The molecule has 230 valence electrons. The van der Waals surface area contributed by atoms with Crippen LogP contribution in [0.15, 0.2) is 18.5 Å². The zero-order valence-corrected chi connectivity index (χ0v) is 25.3. The number of rotatable bonds is 5. The highest BCUT2D eigenvalue weighted by atomic mass is 32.2. The lowest BCUT2D eigenvalue weighted by molar-refractivity contribution is -0.137. The Morgan fingerprint density at radius 3 is 2.31 bits per heavy atom. The van der Waals surface area contributed by atoms with E-state index in [0.717, 1.165) is 6.07 Å². The van der Waals surface area contributed by atoms with Crippen LogP contribution in [0.5, 0.6) is 0 Å². The van der Waals surface area contributed by atoms with Crippen molar-refractivity contribution in [3.63, 3.8) is 0 Å². The number of piperazine rings is 1. The molecule has 3 aromatic heterocycles. The van der Waals surface area contributed by atoms with Crippen LogP contribution in [-0.4, -0.2) is 100 Å². The molecule has 0 atom stereocenters. The third kappa shape index (κ3) is 6.72. The van der Waals surface area contributed by atoms with Crippen molar-refractivity contribution < 1.29 is 31.1 Å². The number of nitrogens with zero attached hydrogens (tertiary/aromatic N) is 7. The van der Waals surface area contributed by atoms with Gasteiger partial charge in [0.25, 0.3) is 0 Å². The molecule has 42 heavy (non-hydrogen) atoms. The van der Waals surface area contributed by atoms with Gasteiger partial charge in [-0.2, -0.15) is 13.2 Å². The van der Waals surface area contributed by atoms with Crippen LogP contribution in [0, 0.1) is 0 Å². The second-order valence-electron chi connectivity index (χ2n) is 11.4. The Hall–Kier alpha value is -3.18. The van der Waals surface area contributed by atoms with Crippen molar-refractivity contribution in [1.29, 1.82) is 0 Å². The van der Waals surface area contributed by atoms with Crippen molar-refractivity contribution in [3.05, 3.63) is 24.0 Å². The number of hydrogen-bond acceptors (Lipinski definition) is 10. The maximum absolute atomic E-state index is 14.3. The summed E-state index contributed by atoms with van der Waals surface area (Å²) in [5.74, 6) is -0.197. The molecule has 0 bridgehead atoms. The van der Waals surface area contributed by atoms with E-state index in [-0.39, 0.29) is 43.6 Å². The zero-order chi connectivity index (χ0) is 30.4. The maximum Gasteiger partial charge on any atom is 0.419 e. The minimum absolute atomic E-state index is 0.0101. The number of pyridine rings is 1. The summed E-state index contributed by atoms with van der Waals surface area (Å²) >= 11 is 1.26. The Morgan fingerprint density at radius 1 is 1.05 bits per heavy atom. The summed E-state index contributed by atoms with van der Waals surface area (Å²) in [6, 6.07) is 1.07. The number of alkyl halides is 3. The van der Waals surface area contributed by atoms with E-state index in [0.29, 0.717) is 41.7 Å². The zero-order valence-electron chi connectivity index (χ0n) is 23.7. The van der Waals surface area contributed by atoms with Gasteiger partial charge in [0.15, 0.2) is 0 Å². The number of anilines is 2. The fourth-order valence-electron chi connectivity index (χ4n) is 4.94. The molecule has 0 aliphatic carbocycles. The molecule has 3 aromatic rings. The minimum Gasteiger partial charge on any atom is -0.444 e. The molecule has 1 N–H and O–H groups in total. The first-order valence-electron chi connectivity index (χ1n) is 13.5. The Labute approximate surface area is 245 Å². The quantitative estimate of drug-likeness (QED) is 0.449. The fourth-order valence-corrected chi connectivity index (χ4v) is 6.67. The van der Waals surface area contributed by atoms with Gasteiger partial charge in [0.2, 0.25) is 20.1 Å². The van der Waals surface area contributed by atoms with E-state index in [4.69, 9.17) is 4.74 Å². The Bertz CT molecular complexity index is 1550. The number of amides is 1. The van der Waals surface area contributed by atoms with Crippen molar-refractivity contribution >= 4 is 43.4 Å². The molecule has 0 aromatic carbocycles. The van der Waals surface area contributed by atoms with Gasteiger partial charge in [-0.1, -0.05) is 11.3 Å². The number of sulfonamides is 1. The van der Waals surface area contributed by atoms with Gasteiger partial charge in [-0.3, -0.25) is 0 Å². The number of carbonyl (C=O) groups is 1. The van der Waals surface area contributed by atoms with Crippen molar-refractivity contribution in [2.75, 3.05) is 55.7 Å². The van der Waals surface area contributed by atoms with Gasteiger partial charge < -0.3 is 19.9 Å². The summed E-state index contributed by atoms with van der Waals surface area (Å²) in [7, 11) is -3.24. The predicted molar refractivity (Wildman–Crippen MR) is 152 cm³/mol. The molecular formula is C25H33F3N8O4S2. The van der Waals surface area contributed by atoms with E-state index < -0.39 is 33.5 Å². The van der Waals surface area contributed by atoms with Crippen LogP contribution in [0.1, 0.15) is 39.2 Å². The topological polar surface area (TPSA) is 125 Å². The highest BCUT2D eigenvalue weighted by Gasteiger charge is 2.38. The number of fused-ring (bicyclic) bond motifs is 1. The van der Waals surface area contributed by atoms with Gasteiger partial charge in [0.05, 0.1) is 23.7 Å². The molecule has 2 saturated heterocycles. The lowest BCUT2D eigenvalue weighted by atomic mass is 10.1. The average Bonchev–Trinajstić information content (AvgIpc) is 3.47. The number of aromatic nitrogens is 4. The van der Waals surface area contributed by atoms with E-state index in [1.807, 2.05) is 0 Å². The van der Waals surface area contributed by atoms with Gasteiger partial charge in [-0.25, -0.2) is 32.0 Å². The van der Waals surface area contributed by atoms with Crippen LogP contribution in [0.3, 0.4) is 0 Å². The number of hydrogen-bond donors (Lipinski definition) is 1. The summed E-state index contributed by atoms with van der Waals surface area (Å²) < 4.78 is 74.6. The summed E-state index contributed by atoms with van der Waals surface area (Å²) in [5.41, 5.74) is -0.975. The predicted octanol–water partition coefficient (Wildman–Crippen LogP) is 3.76. The molecule has 5 heterocycles. The molecule has 0 radical (unpaired) electrons. The molecule has 0 saturated carbocycles. The van der Waals surface area contributed by atoms with Gasteiger partial charge in [-0.05, 0) is 39.7 Å². The largest absolute Gasteiger partial charge is 0.444 e. The van der Waals surface area contributed by atoms with Crippen molar-refractivity contribution in [2.45, 2.75) is 51.4 Å². The summed E-state index contributed by atoms with van der Waals surface area (Å²) in [4.78, 5) is 24.4. The van der Waals surface area contributed by atoms with Gasteiger partial charge in [0.1, 0.15) is 11.4 Å². The Kier molecular flexibility index (Phi) is 8.04. The monoisotopic (exact) mass is 630 g/mol. The van der Waals surface area contributed by atoms with Gasteiger partial charge in [-0.15, -0.1) is 5.10 Å². The highest BCUT2D eigenvalue weighted by molar-refractivity contribution is 7.88. The van der Waals surface area contributed by atoms with E-state index in [2.05, 4.69) is 20.4 Å². The molecule has 0 spiro atoms. The van der Waals surface area contributed by atoms with Crippen LogP contribution < -0.4 is 10.2 Å². The third-order valence-electron chi connectivity index (χ3n) is 7.03. The lowest BCUT2D eigenvalue weighted by Crippen LogP contribution is -2.50. The summed E-state index contributed by atoms with van der Waals surface area (Å²) in [6.07, 6.45) is 0.0761. The molecule has 5 rings (SSSR count). The normalized spacial score (nSPS) is 18.1. The second-order valence-corrected chi connectivity index (χ2v) is 14.3. The van der Waals surface area contributed by atoms with E-state index in [9.17, 15) is 26.4 Å². The first-order chi connectivity index (χ1) is 19.6. The first-order valence-corrected chi connectivity index (χ1v) is 16.1. The van der Waals surface area contributed by atoms with Gasteiger partial charge in [0, 0.05) is 57.1 Å². The van der Waals surface area contributed by atoms with E-state index in [1.54, 1.807) is 20.8 Å².